The first-order valence-electron chi connectivity index (χ1n) is 6.54. The molecule has 21 heavy (non-hydrogen) atoms. The van der Waals surface area contributed by atoms with E-state index in [-0.39, 0.29) is 12.2 Å². The van der Waals surface area contributed by atoms with Crippen LogP contribution >= 0.6 is 0 Å². The number of nitrogens with zero attached hydrogens (tertiary/aromatic N) is 3. The van der Waals surface area contributed by atoms with Gasteiger partial charge in [-0.25, -0.2) is 4.98 Å². The summed E-state index contributed by atoms with van der Waals surface area (Å²) in [5.41, 5.74) is 0.815. The maximum Gasteiger partial charge on any atom is 0.323 e. The second-order valence-electron chi connectivity index (χ2n) is 5.70. The SMILES string of the molecule is CC(C)(C)N(CC(=O)O)C(=O)c1cnc2ccccc2n1. The van der Waals surface area contributed by atoms with E-state index in [1.165, 1.54) is 11.1 Å². The minimum atomic E-state index is -1.06. The summed E-state index contributed by atoms with van der Waals surface area (Å²) in [4.78, 5) is 33.2. The van der Waals surface area contributed by atoms with Crippen molar-refractivity contribution in [2.75, 3.05) is 6.54 Å². The van der Waals surface area contributed by atoms with Gasteiger partial charge in [0, 0.05) is 5.54 Å². The highest BCUT2D eigenvalue weighted by atomic mass is 16.4. The molecule has 0 aliphatic rings. The van der Waals surface area contributed by atoms with Crippen molar-refractivity contribution in [3.05, 3.63) is 36.2 Å². The van der Waals surface area contributed by atoms with Crippen molar-refractivity contribution in [3.8, 4) is 0 Å². The lowest BCUT2D eigenvalue weighted by atomic mass is 10.1. The fourth-order valence-electron chi connectivity index (χ4n) is 1.95. The number of rotatable bonds is 3. The van der Waals surface area contributed by atoms with E-state index < -0.39 is 17.4 Å². The zero-order valence-corrected chi connectivity index (χ0v) is 12.2. The third-order valence-electron chi connectivity index (χ3n) is 3.02. The van der Waals surface area contributed by atoms with Gasteiger partial charge in [0.05, 0.1) is 17.2 Å². The molecule has 0 aliphatic carbocycles. The third-order valence-corrected chi connectivity index (χ3v) is 3.02. The van der Waals surface area contributed by atoms with Crippen molar-refractivity contribution >= 4 is 22.9 Å². The standard InChI is InChI=1S/C15H17N3O3/c1-15(2,3)18(9-13(19)20)14(21)12-8-16-10-6-4-5-7-11(10)17-12/h4-8H,9H2,1-3H3,(H,19,20). The van der Waals surface area contributed by atoms with Gasteiger partial charge in [-0.05, 0) is 32.9 Å². The maximum atomic E-state index is 12.5. The molecule has 0 unspecified atom stereocenters. The van der Waals surface area contributed by atoms with Crippen molar-refractivity contribution < 1.29 is 14.7 Å². The molecule has 110 valence electrons. The highest BCUT2D eigenvalue weighted by Gasteiger charge is 2.30. The number of carboxylic acid groups (broad SMARTS) is 1. The topological polar surface area (TPSA) is 83.4 Å². The van der Waals surface area contributed by atoms with Crippen LogP contribution in [0, 0.1) is 0 Å². The first-order valence-corrected chi connectivity index (χ1v) is 6.54. The highest BCUT2D eigenvalue weighted by Crippen LogP contribution is 2.17. The summed E-state index contributed by atoms with van der Waals surface area (Å²) < 4.78 is 0. The predicted octanol–water partition coefficient (Wildman–Crippen LogP) is 1.96. The molecule has 1 N–H and O–H groups in total. The Balaban J connectivity index is 2.40. The smallest absolute Gasteiger partial charge is 0.323 e. The quantitative estimate of drug-likeness (QED) is 0.933. The van der Waals surface area contributed by atoms with Crippen LogP contribution in [-0.2, 0) is 4.79 Å². The molecule has 0 spiro atoms. The fraction of sp³-hybridized carbons (Fsp3) is 0.333. The molecule has 0 saturated carbocycles. The Hall–Kier alpha value is -2.50. The van der Waals surface area contributed by atoms with Crippen molar-refractivity contribution in [3.63, 3.8) is 0 Å². The van der Waals surface area contributed by atoms with E-state index in [1.807, 2.05) is 12.1 Å². The van der Waals surface area contributed by atoms with Gasteiger partial charge in [-0.1, -0.05) is 12.1 Å². The van der Waals surface area contributed by atoms with Gasteiger partial charge in [0.15, 0.2) is 0 Å². The fourth-order valence-corrected chi connectivity index (χ4v) is 1.95. The average molecular weight is 287 g/mol. The number of fused-ring (bicyclic) bond motifs is 1. The predicted molar refractivity (Wildman–Crippen MR) is 78.0 cm³/mol. The summed E-state index contributed by atoms with van der Waals surface area (Å²) in [5.74, 6) is -1.50. The van der Waals surface area contributed by atoms with Crippen LogP contribution < -0.4 is 0 Å². The number of carboxylic acids is 1. The molecule has 1 amide bonds. The molecule has 2 aromatic rings. The van der Waals surface area contributed by atoms with Gasteiger partial charge < -0.3 is 10.0 Å². The van der Waals surface area contributed by atoms with Crippen molar-refractivity contribution in [2.45, 2.75) is 26.3 Å². The van der Waals surface area contributed by atoms with E-state index in [1.54, 1.807) is 32.9 Å². The number of hydrogen-bond acceptors (Lipinski definition) is 4. The molecule has 0 radical (unpaired) electrons. The molecule has 0 atom stereocenters. The highest BCUT2D eigenvalue weighted by molar-refractivity contribution is 5.95. The Labute approximate surface area is 122 Å². The lowest BCUT2D eigenvalue weighted by Gasteiger charge is -2.34. The summed E-state index contributed by atoms with van der Waals surface area (Å²) in [6.45, 7) is 4.96. The van der Waals surface area contributed by atoms with E-state index >= 15 is 0 Å². The summed E-state index contributed by atoms with van der Waals surface area (Å²) in [6.07, 6.45) is 1.38. The molecule has 0 aliphatic heterocycles. The normalized spacial score (nSPS) is 11.4. The lowest BCUT2D eigenvalue weighted by molar-refractivity contribution is -0.138. The summed E-state index contributed by atoms with van der Waals surface area (Å²) in [5, 5.41) is 8.98. The van der Waals surface area contributed by atoms with Gasteiger partial charge in [-0.15, -0.1) is 0 Å². The number of benzene rings is 1. The Morgan fingerprint density at radius 3 is 2.38 bits per heavy atom. The second-order valence-corrected chi connectivity index (χ2v) is 5.70. The van der Waals surface area contributed by atoms with Crippen LogP contribution in [0.4, 0.5) is 0 Å². The number of aromatic nitrogens is 2. The van der Waals surface area contributed by atoms with Crippen LogP contribution in [0.15, 0.2) is 30.5 Å². The summed E-state index contributed by atoms with van der Waals surface area (Å²) >= 11 is 0. The average Bonchev–Trinajstić information content (AvgIpc) is 2.42. The minimum absolute atomic E-state index is 0.143. The van der Waals surface area contributed by atoms with Crippen LogP contribution in [0.1, 0.15) is 31.3 Å². The van der Waals surface area contributed by atoms with Crippen LogP contribution in [0.5, 0.6) is 0 Å². The largest absolute Gasteiger partial charge is 0.480 e. The van der Waals surface area contributed by atoms with E-state index in [2.05, 4.69) is 9.97 Å². The van der Waals surface area contributed by atoms with Gasteiger partial charge in [0.25, 0.3) is 5.91 Å². The number of para-hydroxylation sites is 2. The van der Waals surface area contributed by atoms with Crippen LogP contribution in [0.25, 0.3) is 11.0 Å². The Morgan fingerprint density at radius 2 is 1.81 bits per heavy atom. The summed E-state index contributed by atoms with van der Waals surface area (Å²) in [7, 11) is 0. The molecule has 6 heteroatoms. The minimum Gasteiger partial charge on any atom is -0.480 e. The van der Waals surface area contributed by atoms with E-state index in [0.717, 1.165) is 0 Å². The number of carbonyl (C=O) groups is 2. The first kappa shape index (κ1) is 14.9. The third kappa shape index (κ3) is 3.34. The van der Waals surface area contributed by atoms with Gasteiger partial charge in [0.2, 0.25) is 0 Å². The molecular weight excluding hydrogens is 270 g/mol. The van der Waals surface area contributed by atoms with E-state index in [0.29, 0.717) is 11.0 Å². The van der Waals surface area contributed by atoms with Gasteiger partial charge >= 0.3 is 5.97 Å². The van der Waals surface area contributed by atoms with Crippen LogP contribution in [0.3, 0.4) is 0 Å². The molecule has 1 aromatic heterocycles. The van der Waals surface area contributed by atoms with Crippen molar-refractivity contribution in [2.24, 2.45) is 0 Å². The molecule has 6 nitrogen and oxygen atoms in total. The van der Waals surface area contributed by atoms with Crippen LogP contribution in [0.2, 0.25) is 0 Å². The molecule has 0 bridgehead atoms. The second kappa shape index (κ2) is 5.47. The van der Waals surface area contributed by atoms with Gasteiger partial charge in [-0.2, -0.15) is 0 Å². The van der Waals surface area contributed by atoms with Crippen LogP contribution in [-0.4, -0.2) is 43.9 Å². The monoisotopic (exact) mass is 287 g/mol. The number of hydrogen-bond donors (Lipinski definition) is 1. The molecular formula is C15H17N3O3. The molecule has 0 fully saturated rings. The zero-order chi connectivity index (χ0) is 15.6. The molecule has 0 saturated heterocycles. The Morgan fingerprint density at radius 1 is 1.19 bits per heavy atom. The molecule has 1 heterocycles. The maximum absolute atomic E-state index is 12.5. The number of amides is 1. The van der Waals surface area contributed by atoms with Crippen molar-refractivity contribution in [1.82, 2.24) is 14.9 Å². The molecule has 2 rings (SSSR count). The van der Waals surface area contributed by atoms with Gasteiger partial charge in [0.1, 0.15) is 12.2 Å². The van der Waals surface area contributed by atoms with Crippen molar-refractivity contribution in [1.29, 1.82) is 0 Å². The number of carbonyl (C=O) groups excluding carboxylic acids is 1. The van der Waals surface area contributed by atoms with E-state index in [9.17, 15) is 9.59 Å². The van der Waals surface area contributed by atoms with E-state index in [4.69, 9.17) is 5.11 Å². The lowest BCUT2D eigenvalue weighted by Crippen LogP contribution is -2.48. The zero-order valence-electron chi connectivity index (χ0n) is 12.2. The summed E-state index contributed by atoms with van der Waals surface area (Å²) in [6, 6.07) is 7.21. The number of aliphatic carboxylic acids is 1. The van der Waals surface area contributed by atoms with Gasteiger partial charge in [-0.3, -0.25) is 14.6 Å². The molecule has 1 aromatic carbocycles. The Kier molecular flexibility index (Phi) is 3.88. The Bertz CT molecular complexity index is 692. The first-order chi connectivity index (χ1) is 9.79.